The summed E-state index contributed by atoms with van der Waals surface area (Å²) in [6.45, 7) is -3.78. The summed E-state index contributed by atoms with van der Waals surface area (Å²) in [4.78, 5) is 23.9. The molecule has 4 N–H and O–H groups in total. The normalized spacial score (nSPS) is 21.1. The highest BCUT2D eigenvalue weighted by Crippen LogP contribution is 2.43. The predicted molar refractivity (Wildman–Crippen MR) is 69.9 cm³/mol. The number of anilines is 1. The Bertz CT molecular complexity index is 653. The van der Waals surface area contributed by atoms with E-state index in [2.05, 4.69) is 4.74 Å². The number of alkyl halides is 2. The van der Waals surface area contributed by atoms with Crippen molar-refractivity contribution in [3.8, 4) is 6.07 Å². The summed E-state index contributed by atoms with van der Waals surface area (Å²) < 4.78 is 28.5. The molecule has 1 aliphatic rings. The van der Waals surface area contributed by atoms with E-state index in [1.807, 2.05) is 0 Å². The van der Waals surface area contributed by atoms with Gasteiger partial charge in [-0.2, -0.15) is 14.0 Å². The van der Waals surface area contributed by atoms with Crippen molar-refractivity contribution >= 4 is 28.0 Å². The number of fused-ring (bicyclic) bond motifs is 1. The van der Waals surface area contributed by atoms with Gasteiger partial charge in [0.15, 0.2) is 5.78 Å². The van der Waals surface area contributed by atoms with Crippen LogP contribution in [0.3, 0.4) is 0 Å². The van der Waals surface area contributed by atoms with Crippen molar-refractivity contribution in [2.24, 2.45) is 11.1 Å². The Morgan fingerprint density at radius 2 is 2.24 bits per heavy atom. The summed E-state index contributed by atoms with van der Waals surface area (Å²) >= 11 is 0.838. The lowest BCUT2D eigenvalue weighted by Gasteiger charge is -2.28. The van der Waals surface area contributed by atoms with E-state index in [1.54, 1.807) is 6.07 Å². The van der Waals surface area contributed by atoms with Gasteiger partial charge >= 0.3 is 6.61 Å². The third kappa shape index (κ3) is 2.48. The van der Waals surface area contributed by atoms with Crippen molar-refractivity contribution in [3.05, 3.63) is 16.0 Å². The molecule has 0 bridgehead atoms. The molecule has 1 aromatic rings. The van der Waals surface area contributed by atoms with Gasteiger partial charge < -0.3 is 16.2 Å². The summed E-state index contributed by atoms with van der Waals surface area (Å²) in [5.74, 6) is -1.41. The number of hydrogen-bond donors (Lipinski definition) is 2. The molecule has 0 saturated heterocycles. The van der Waals surface area contributed by atoms with Crippen molar-refractivity contribution < 1.29 is 23.1 Å². The van der Waals surface area contributed by atoms with Gasteiger partial charge in [0.25, 0.3) is 5.91 Å². The number of rotatable bonds is 4. The van der Waals surface area contributed by atoms with E-state index in [0.29, 0.717) is 5.56 Å². The number of amides is 1. The number of primary amides is 1. The van der Waals surface area contributed by atoms with Gasteiger partial charge in [-0.1, -0.05) is 0 Å². The van der Waals surface area contributed by atoms with Crippen molar-refractivity contribution in [2.45, 2.75) is 19.5 Å². The zero-order valence-electron chi connectivity index (χ0n) is 10.7. The molecule has 0 aliphatic heterocycles. The molecule has 2 rings (SSSR count). The van der Waals surface area contributed by atoms with Gasteiger partial charge in [0, 0.05) is 0 Å². The van der Waals surface area contributed by atoms with Gasteiger partial charge in [-0.15, -0.1) is 11.3 Å². The van der Waals surface area contributed by atoms with Crippen molar-refractivity contribution in [1.82, 2.24) is 0 Å². The fraction of sp³-hybridized carbons (Fsp3) is 0.417. The molecular formula is C12H11F2N3O3S. The number of Topliss-reactive ketones (excluding diaryl/α,β-unsaturated/α-hetero) is 1. The number of ether oxygens (including phenoxy) is 1. The Hall–Kier alpha value is -2.05. The molecule has 9 heteroatoms. The number of hydrogen-bond acceptors (Lipinski definition) is 6. The first-order valence-corrected chi connectivity index (χ1v) is 6.71. The molecule has 0 spiro atoms. The largest absolute Gasteiger partial charge is 0.390 e. The third-order valence-electron chi connectivity index (χ3n) is 3.39. The van der Waals surface area contributed by atoms with E-state index >= 15 is 0 Å². The molecule has 0 aromatic carbocycles. The molecule has 1 atom stereocenters. The second-order valence-corrected chi connectivity index (χ2v) is 5.66. The summed E-state index contributed by atoms with van der Waals surface area (Å²) in [6, 6.07) is 1.76. The molecule has 6 nitrogen and oxygen atoms in total. The average molecular weight is 315 g/mol. The van der Waals surface area contributed by atoms with Crippen LogP contribution in [0.25, 0.3) is 0 Å². The molecule has 1 amide bonds. The highest BCUT2D eigenvalue weighted by Gasteiger charge is 2.46. The molecule has 21 heavy (non-hydrogen) atoms. The molecule has 1 unspecified atom stereocenters. The van der Waals surface area contributed by atoms with Crippen molar-refractivity contribution in [3.63, 3.8) is 0 Å². The van der Waals surface area contributed by atoms with E-state index in [4.69, 9.17) is 11.5 Å². The Kier molecular flexibility index (Phi) is 3.93. The summed E-state index contributed by atoms with van der Waals surface area (Å²) in [6.07, 6.45) is 0.145. The van der Waals surface area contributed by atoms with Crippen LogP contribution in [-0.2, 0) is 11.2 Å². The Balaban J connectivity index is 2.43. The number of thiophene rings is 1. The number of nitrogens with zero attached hydrogens (tertiary/aromatic N) is 1. The zero-order chi connectivity index (χ0) is 15.8. The SMILES string of the molecule is N#CC1(COC(F)F)CCc2c(sc(N)c2C(N)=O)C1=O. The lowest BCUT2D eigenvalue weighted by atomic mass is 9.74. The number of ketones is 1. The fourth-order valence-corrected chi connectivity index (χ4v) is 3.49. The quantitative estimate of drug-likeness (QED) is 0.868. The number of nitrogen functional groups attached to an aromatic ring is 1. The molecule has 1 aliphatic carbocycles. The Morgan fingerprint density at radius 3 is 2.76 bits per heavy atom. The number of carbonyl (C=O) groups is 2. The second-order valence-electron chi connectivity index (χ2n) is 4.61. The van der Waals surface area contributed by atoms with Crippen LogP contribution in [0.4, 0.5) is 13.8 Å². The molecule has 0 radical (unpaired) electrons. The van der Waals surface area contributed by atoms with E-state index < -0.39 is 30.3 Å². The molecular weight excluding hydrogens is 304 g/mol. The van der Waals surface area contributed by atoms with Gasteiger partial charge in [-0.3, -0.25) is 9.59 Å². The zero-order valence-corrected chi connectivity index (χ0v) is 11.5. The van der Waals surface area contributed by atoms with Gasteiger partial charge in [-0.25, -0.2) is 0 Å². The highest BCUT2D eigenvalue weighted by atomic mass is 32.1. The molecule has 1 heterocycles. The monoisotopic (exact) mass is 315 g/mol. The minimum atomic E-state index is -3.07. The number of carbonyl (C=O) groups excluding carboxylic acids is 2. The van der Waals surface area contributed by atoms with Gasteiger partial charge in [0.1, 0.15) is 5.41 Å². The maximum absolute atomic E-state index is 12.4. The Morgan fingerprint density at radius 1 is 1.57 bits per heavy atom. The number of nitrogens with two attached hydrogens (primary N) is 2. The fourth-order valence-electron chi connectivity index (χ4n) is 2.33. The lowest BCUT2D eigenvalue weighted by molar-refractivity contribution is -0.141. The molecule has 1 aromatic heterocycles. The Labute approximate surface area is 122 Å². The summed E-state index contributed by atoms with van der Waals surface area (Å²) in [5, 5.41) is 9.31. The van der Waals surface area contributed by atoms with E-state index in [-0.39, 0.29) is 28.3 Å². The minimum Gasteiger partial charge on any atom is -0.390 e. The maximum Gasteiger partial charge on any atom is 0.345 e. The number of halogens is 2. The van der Waals surface area contributed by atoms with Crippen molar-refractivity contribution in [1.29, 1.82) is 5.26 Å². The minimum absolute atomic E-state index is 0.0293. The van der Waals surface area contributed by atoms with Crippen LogP contribution in [0, 0.1) is 16.7 Å². The van der Waals surface area contributed by atoms with Crippen LogP contribution in [0.1, 0.15) is 32.0 Å². The van der Waals surface area contributed by atoms with Crippen LogP contribution in [-0.4, -0.2) is 24.9 Å². The van der Waals surface area contributed by atoms with Crippen LogP contribution >= 0.6 is 11.3 Å². The molecule has 112 valence electrons. The second kappa shape index (κ2) is 5.38. The van der Waals surface area contributed by atoms with Crippen LogP contribution in [0.2, 0.25) is 0 Å². The number of nitriles is 1. The van der Waals surface area contributed by atoms with Gasteiger partial charge in [0.2, 0.25) is 0 Å². The first kappa shape index (κ1) is 15.3. The van der Waals surface area contributed by atoms with Crippen LogP contribution in [0.15, 0.2) is 0 Å². The summed E-state index contributed by atoms with van der Waals surface area (Å²) in [7, 11) is 0. The third-order valence-corrected chi connectivity index (χ3v) is 4.45. The van der Waals surface area contributed by atoms with Crippen LogP contribution in [0.5, 0.6) is 0 Å². The standard InChI is InChI=1S/C12H11F2N3O3S/c13-11(14)20-4-12(3-15)2-1-5-6(9(16)19)10(17)21-7(5)8(12)18/h11H,1-2,4,17H2,(H2,16,19). The van der Waals surface area contributed by atoms with E-state index in [1.165, 1.54) is 0 Å². The first-order chi connectivity index (χ1) is 9.82. The van der Waals surface area contributed by atoms with Gasteiger partial charge in [-0.05, 0) is 18.4 Å². The summed E-state index contributed by atoms with van der Waals surface area (Å²) in [5.41, 5.74) is 9.66. The highest BCUT2D eigenvalue weighted by molar-refractivity contribution is 7.18. The maximum atomic E-state index is 12.4. The average Bonchev–Trinajstić information content (AvgIpc) is 2.75. The van der Waals surface area contributed by atoms with E-state index in [9.17, 15) is 23.6 Å². The molecule has 0 saturated carbocycles. The van der Waals surface area contributed by atoms with E-state index in [0.717, 1.165) is 11.3 Å². The lowest BCUT2D eigenvalue weighted by Crippen LogP contribution is -2.39. The topological polar surface area (TPSA) is 119 Å². The smallest absolute Gasteiger partial charge is 0.345 e. The predicted octanol–water partition coefficient (Wildman–Crippen LogP) is 1.31. The van der Waals surface area contributed by atoms with Crippen molar-refractivity contribution in [2.75, 3.05) is 12.3 Å². The molecule has 0 fully saturated rings. The van der Waals surface area contributed by atoms with Gasteiger partial charge in [0.05, 0.1) is 28.1 Å². The van der Waals surface area contributed by atoms with Crippen LogP contribution < -0.4 is 11.5 Å². The first-order valence-electron chi connectivity index (χ1n) is 5.89.